The summed E-state index contributed by atoms with van der Waals surface area (Å²) in [5.41, 5.74) is 1.71. The van der Waals surface area contributed by atoms with E-state index in [1.807, 2.05) is 28.8 Å². The van der Waals surface area contributed by atoms with Gasteiger partial charge in [-0.2, -0.15) is 9.50 Å². The molecule has 7 nitrogen and oxygen atoms in total. The standard InChI is InChI=1S/C17H22N6O/c24-12-18-17-20-16-13-6-2-3-7-14(13)19-15(23(16)21-17)8-11-22-9-4-1-5-10-22/h2-3,6-7,24H,1,4-5,8-12H2,(H,18,21). The minimum absolute atomic E-state index is 0.189. The number of aliphatic hydroxyl groups is 1. The van der Waals surface area contributed by atoms with E-state index in [-0.39, 0.29) is 6.73 Å². The fraction of sp³-hybridized carbons (Fsp3) is 0.471. The molecule has 0 amide bonds. The maximum atomic E-state index is 9.08. The van der Waals surface area contributed by atoms with E-state index in [0.717, 1.165) is 35.3 Å². The lowest BCUT2D eigenvalue weighted by atomic mass is 10.1. The van der Waals surface area contributed by atoms with Crippen molar-refractivity contribution in [2.24, 2.45) is 0 Å². The number of anilines is 1. The fourth-order valence-electron chi connectivity index (χ4n) is 3.36. The second kappa shape index (κ2) is 6.70. The first-order chi connectivity index (χ1) is 11.8. The molecular formula is C17H22N6O. The summed E-state index contributed by atoms with van der Waals surface area (Å²) in [5.74, 6) is 1.34. The molecule has 1 fully saturated rings. The Bertz CT molecular complexity index is 840. The predicted octanol–water partition coefficient (Wildman–Crippen LogP) is 1.67. The van der Waals surface area contributed by atoms with Crippen molar-refractivity contribution in [1.82, 2.24) is 24.5 Å². The van der Waals surface area contributed by atoms with Crippen LogP contribution in [0.1, 0.15) is 25.1 Å². The van der Waals surface area contributed by atoms with E-state index in [4.69, 9.17) is 10.1 Å². The van der Waals surface area contributed by atoms with E-state index in [9.17, 15) is 0 Å². The van der Waals surface area contributed by atoms with Crippen LogP contribution in [0.5, 0.6) is 0 Å². The van der Waals surface area contributed by atoms with E-state index in [1.54, 1.807) is 0 Å². The number of nitrogens with zero attached hydrogens (tertiary/aromatic N) is 5. The SMILES string of the molecule is OCNc1nc2c3ccccc3nc(CCN3CCCCC3)n2n1. The van der Waals surface area contributed by atoms with E-state index in [0.29, 0.717) is 5.95 Å². The van der Waals surface area contributed by atoms with Gasteiger partial charge in [-0.05, 0) is 38.1 Å². The highest BCUT2D eigenvalue weighted by atomic mass is 16.3. The monoisotopic (exact) mass is 326 g/mol. The summed E-state index contributed by atoms with van der Waals surface area (Å²) in [5, 5.41) is 17.3. The number of rotatable bonds is 5. The molecule has 3 aromatic rings. The molecule has 7 heteroatoms. The molecule has 2 aromatic heterocycles. The van der Waals surface area contributed by atoms with E-state index in [1.165, 1.54) is 32.4 Å². The van der Waals surface area contributed by atoms with Gasteiger partial charge in [0.05, 0.1) is 5.52 Å². The number of piperidine rings is 1. The molecule has 0 bridgehead atoms. The van der Waals surface area contributed by atoms with Crippen LogP contribution in [0.2, 0.25) is 0 Å². The first-order valence-electron chi connectivity index (χ1n) is 8.56. The van der Waals surface area contributed by atoms with Crippen molar-refractivity contribution in [1.29, 1.82) is 0 Å². The Morgan fingerprint density at radius 3 is 2.75 bits per heavy atom. The van der Waals surface area contributed by atoms with E-state index in [2.05, 4.69) is 20.3 Å². The van der Waals surface area contributed by atoms with Crippen LogP contribution in [0.25, 0.3) is 16.6 Å². The average Bonchev–Trinajstić information content (AvgIpc) is 3.05. The summed E-state index contributed by atoms with van der Waals surface area (Å²) in [6.07, 6.45) is 4.75. The molecule has 24 heavy (non-hydrogen) atoms. The van der Waals surface area contributed by atoms with Gasteiger partial charge in [0, 0.05) is 18.4 Å². The molecule has 4 rings (SSSR count). The van der Waals surface area contributed by atoms with Crippen LogP contribution < -0.4 is 5.32 Å². The molecule has 0 spiro atoms. The molecule has 1 aliphatic rings. The first kappa shape index (κ1) is 15.3. The molecule has 126 valence electrons. The largest absolute Gasteiger partial charge is 0.376 e. The van der Waals surface area contributed by atoms with Crippen LogP contribution in [-0.4, -0.2) is 56.0 Å². The topological polar surface area (TPSA) is 78.6 Å². The van der Waals surface area contributed by atoms with Gasteiger partial charge in [-0.3, -0.25) is 0 Å². The van der Waals surface area contributed by atoms with Gasteiger partial charge in [-0.15, -0.1) is 5.10 Å². The number of para-hydroxylation sites is 1. The lowest BCUT2D eigenvalue weighted by molar-refractivity contribution is 0.230. The van der Waals surface area contributed by atoms with Crippen LogP contribution in [-0.2, 0) is 6.42 Å². The third-order valence-corrected chi connectivity index (χ3v) is 4.58. The third-order valence-electron chi connectivity index (χ3n) is 4.58. The summed E-state index contributed by atoms with van der Waals surface area (Å²) in [6.45, 7) is 3.14. The zero-order chi connectivity index (χ0) is 16.4. The Kier molecular flexibility index (Phi) is 4.27. The van der Waals surface area contributed by atoms with E-state index >= 15 is 0 Å². The number of benzene rings is 1. The Morgan fingerprint density at radius 1 is 1.08 bits per heavy atom. The van der Waals surface area contributed by atoms with Crippen LogP contribution in [0.15, 0.2) is 24.3 Å². The smallest absolute Gasteiger partial charge is 0.244 e. The maximum absolute atomic E-state index is 9.08. The second-order valence-electron chi connectivity index (χ2n) is 6.20. The number of fused-ring (bicyclic) bond motifs is 3. The Labute approximate surface area is 140 Å². The predicted molar refractivity (Wildman–Crippen MR) is 93.0 cm³/mol. The highest BCUT2D eigenvalue weighted by Crippen LogP contribution is 2.20. The quantitative estimate of drug-likeness (QED) is 0.695. The van der Waals surface area contributed by atoms with Gasteiger partial charge >= 0.3 is 0 Å². The van der Waals surface area contributed by atoms with Crippen molar-refractivity contribution in [3.05, 3.63) is 30.1 Å². The van der Waals surface area contributed by atoms with Crippen LogP contribution >= 0.6 is 0 Å². The summed E-state index contributed by atoms with van der Waals surface area (Å²) in [7, 11) is 0. The van der Waals surface area contributed by atoms with Crippen molar-refractivity contribution in [3.63, 3.8) is 0 Å². The van der Waals surface area contributed by atoms with Gasteiger partial charge in [0.2, 0.25) is 5.95 Å². The molecule has 0 saturated carbocycles. The number of hydrogen-bond donors (Lipinski definition) is 2. The molecule has 2 N–H and O–H groups in total. The van der Waals surface area contributed by atoms with Crippen molar-refractivity contribution >= 4 is 22.5 Å². The summed E-state index contributed by atoms with van der Waals surface area (Å²) < 4.78 is 1.81. The number of hydrogen-bond acceptors (Lipinski definition) is 6. The van der Waals surface area contributed by atoms with Gasteiger partial charge in [0.25, 0.3) is 0 Å². The first-order valence-corrected chi connectivity index (χ1v) is 8.56. The van der Waals surface area contributed by atoms with Crippen molar-refractivity contribution in [2.75, 3.05) is 31.7 Å². The highest BCUT2D eigenvalue weighted by molar-refractivity contribution is 5.91. The molecule has 0 radical (unpaired) electrons. The van der Waals surface area contributed by atoms with Crippen molar-refractivity contribution in [3.8, 4) is 0 Å². The number of aliphatic hydroxyl groups excluding tert-OH is 1. The van der Waals surface area contributed by atoms with Gasteiger partial charge in [0.15, 0.2) is 5.65 Å². The lowest BCUT2D eigenvalue weighted by Gasteiger charge is -2.26. The molecular weight excluding hydrogens is 304 g/mol. The maximum Gasteiger partial charge on any atom is 0.244 e. The molecule has 0 atom stereocenters. The van der Waals surface area contributed by atoms with Gasteiger partial charge < -0.3 is 15.3 Å². The third kappa shape index (κ3) is 2.92. The molecule has 0 aliphatic carbocycles. The minimum Gasteiger partial charge on any atom is -0.376 e. The molecule has 3 heterocycles. The molecule has 0 unspecified atom stereocenters. The zero-order valence-electron chi connectivity index (χ0n) is 13.6. The Balaban J connectivity index is 1.71. The number of aromatic nitrogens is 4. The zero-order valence-corrected chi connectivity index (χ0v) is 13.6. The van der Waals surface area contributed by atoms with Gasteiger partial charge in [0.1, 0.15) is 12.6 Å². The van der Waals surface area contributed by atoms with E-state index < -0.39 is 0 Å². The van der Waals surface area contributed by atoms with Crippen molar-refractivity contribution < 1.29 is 5.11 Å². The second-order valence-corrected chi connectivity index (χ2v) is 6.20. The summed E-state index contributed by atoms with van der Waals surface area (Å²) in [4.78, 5) is 11.8. The lowest BCUT2D eigenvalue weighted by Crippen LogP contribution is -2.32. The van der Waals surface area contributed by atoms with Gasteiger partial charge in [-0.25, -0.2) is 4.98 Å². The Hall–Kier alpha value is -2.25. The summed E-state index contributed by atoms with van der Waals surface area (Å²) in [6, 6.07) is 7.98. The van der Waals surface area contributed by atoms with Crippen LogP contribution in [0.3, 0.4) is 0 Å². The molecule has 1 saturated heterocycles. The number of likely N-dealkylation sites (tertiary alicyclic amines) is 1. The average molecular weight is 326 g/mol. The van der Waals surface area contributed by atoms with Crippen LogP contribution in [0, 0.1) is 0 Å². The highest BCUT2D eigenvalue weighted by Gasteiger charge is 2.15. The summed E-state index contributed by atoms with van der Waals surface area (Å²) >= 11 is 0. The fourth-order valence-corrected chi connectivity index (χ4v) is 3.36. The Morgan fingerprint density at radius 2 is 1.92 bits per heavy atom. The van der Waals surface area contributed by atoms with Crippen LogP contribution in [0.4, 0.5) is 5.95 Å². The normalized spacial score (nSPS) is 16.0. The molecule has 1 aliphatic heterocycles. The van der Waals surface area contributed by atoms with Gasteiger partial charge in [-0.1, -0.05) is 18.6 Å². The minimum atomic E-state index is -0.189. The van der Waals surface area contributed by atoms with Crippen molar-refractivity contribution in [2.45, 2.75) is 25.7 Å². The molecule has 1 aromatic carbocycles. The number of nitrogens with one attached hydrogen (secondary N) is 1.